The van der Waals surface area contributed by atoms with Gasteiger partial charge in [-0.3, -0.25) is 14.7 Å². The number of likely N-dealkylation sites (tertiary alicyclic amines) is 2. The molecule has 1 unspecified atom stereocenters. The minimum Gasteiger partial charge on any atom is -0.496 e. The highest BCUT2D eigenvalue weighted by Crippen LogP contribution is 2.47. The van der Waals surface area contributed by atoms with Gasteiger partial charge in [0.15, 0.2) is 0 Å². The van der Waals surface area contributed by atoms with Crippen molar-refractivity contribution >= 4 is 5.91 Å². The van der Waals surface area contributed by atoms with Crippen molar-refractivity contribution in [3.63, 3.8) is 0 Å². The zero-order valence-corrected chi connectivity index (χ0v) is 18.4. The van der Waals surface area contributed by atoms with Crippen LogP contribution in [0.25, 0.3) is 11.4 Å². The molecule has 5 rings (SSSR count). The molecule has 3 aromatic rings. The van der Waals surface area contributed by atoms with Gasteiger partial charge in [0, 0.05) is 49.4 Å². The smallest absolute Gasteiger partial charge is 0.244 e. The molecule has 0 bridgehead atoms. The first-order chi connectivity index (χ1) is 15.6. The number of carbonyl (C=O) groups excluding carboxylic acids is 1. The normalized spacial score (nSPS) is 19.8. The molecule has 1 spiro atoms. The second kappa shape index (κ2) is 8.35. The molecule has 166 valence electrons. The Morgan fingerprint density at radius 3 is 2.84 bits per heavy atom. The van der Waals surface area contributed by atoms with E-state index in [2.05, 4.69) is 27.1 Å². The van der Waals surface area contributed by atoms with Crippen molar-refractivity contribution in [2.75, 3.05) is 33.8 Å². The monoisotopic (exact) mass is 433 g/mol. The van der Waals surface area contributed by atoms with Gasteiger partial charge < -0.3 is 14.2 Å². The highest BCUT2D eigenvalue weighted by Gasteiger charge is 2.53. The average Bonchev–Trinajstić information content (AvgIpc) is 3.42. The van der Waals surface area contributed by atoms with Gasteiger partial charge in [-0.2, -0.15) is 4.98 Å². The number of pyridine rings is 1. The molecule has 1 amide bonds. The van der Waals surface area contributed by atoms with Crippen molar-refractivity contribution < 1.29 is 14.1 Å². The summed E-state index contributed by atoms with van der Waals surface area (Å²) in [5.74, 6) is 2.23. The van der Waals surface area contributed by atoms with Gasteiger partial charge >= 0.3 is 0 Å². The number of methoxy groups -OCH3 is 1. The molecule has 0 N–H and O–H groups in total. The number of benzene rings is 1. The number of hydrogen-bond donors (Lipinski definition) is 0. The van der Waals surface area contributed by atoms with E-state index in [1.807, 2.05) is 41.3 Å². The van der Waals surface area contributed by atoms with E-state index < -0.39 is 0 Å². The Labute approximate surface area is 187 Å². The number of amides is 1. The number of carbonyl (C=O) groups is 1. The van der Waals surface area contributed by atoms with Crippen LogP contribution in [0.2, 0.25) is 0 Å². The summed E-state index contributed by atoms with van der Waals surface area (Å²) in [5, 5.41) is 4.14. The first-order valence-corrected chi connectivity index (χ1v) is 10.9. The van der Waals surface area contributed by atoms with E-state index in [0.29, 0.717) is 24.6 Å². The SMILES string of the molecule is COc1ccccc1CCC(=O)N1CC2(CC(c3nc(-c4cccnc4)no3)N(C)C2)C1. The Balaban J connectivity index is 1.18. The fourth-order valence-electron chi connectivity index (χ4n) is 5.01. The molecule has 2 saturated heterocycles. The molecule has 0 saturated carbocycles. The summed E-state index contributed by atoms with van der Waals surface area (Å²) in [6.45, 7) is 2.48. The summed E-state index contributed by atoms with van der Waals surface area (Å²) >= 11 is 0. The van der Waals surface area contributed by atoms with E-state index in [1.165, 1.54) is 0 Å². The topological polar surface area (TPSA) is 84.6 Å². The van der Waals surface area contributed by atoms with E-state index in [1.54, 1.807) is 19.5 Å². The van der Waals surface area contributed by atoms with E-state index in [0.717, 1.165) is 42.9 Å². The number of aryl methyl sites for hydroxylation is 1. The van der Waals surface area contributed by atoms with E-state index in [-0.39, 0.29) is 17.4 Å². The predicted molar refractivity (Wildman–Crippen MR) is 118 cm³/mol. The summed E-state index contributed by atoms with van der Waals surface area (Å²) in [5.41, 5.74) is 2.01. The van der Waals surface area contributed by atoms with Gasteiger partial charge in [-0.1, -0.05) is 23.4 Å². The van der Waals surface area contributed by atoms with E-state index >= 15 is 0 Å². The van der Waals surface area contributed by atoms with E-state index in [4.69, 9.17) is 9.26 Å². The van der Waals surface area contributed by atoms with Crippen LogP contribution >= 0.6 is 0 Å². The fourth-order valence-corrected chi connectivity index (χ4v) is 5.01. The second-order valence-corrected chi connectivity index (χ2v) is 8.89. The third-order valence-electron chi connectivity index (χ3n) is 6.60. The van der Waals surface area contributed by atoms with Crippen LogP contribution in [0, 0.1) is 5.41 Å². The molecule has 4 heterocycles. The number of hydrogen-bond acceptors (Lipinski definition) is 7. The van der Waals surface area contributed by atoms with E-state index in [9.17, 15) is 4.79 Å². The number of nitrogens with zero attached hydrogens (tertiary/aromatic N) is 5. The molecule has 1 atom stereocenters. The van der Waals surface area contributed by atoms with Crippen molar-refractivity contribution in [1.82, 2.24) is 24.9 Å². The Morgan fingerprint density at radius 2 is 2.06 bits per heavy atom. The van der Waals surface area contributed by atoms with Crippen LogP contribution < -0.4 is 4.74 Å². The summed E-state index contributed by atoms with van der Waals surface area (Å²) in [7, 11) is 3.75. The summed E-state index contributed by atoms with van der Waals surface area (Å²) in [6, 6.07) is 11.7. The number of rotatable bonds is 6. The quantitative estimate of drug-likeness (QED) is 0.591. The van der Waals surface area contributed by atoms with Crippen LogP contribution in [0.3, 0.4) is 0 Å². The maximum absolute atomic E-state index is 12.8. The summed E-state index contributed by atoms with van der Waals surface area (Å²) < 4.78 is 11.0. The number of aromatic nitrogens is 3. The fraction of sp³-hybridized carbons (Fsp3) is 0.417. The summed E-state index contributed by atoms with van der Waals surface area (Å²) in [4.78, 5) is 25.7. The van der Waals surface area contributed by atoms with Crippen molar-refractivity contribution in [2.24, 2.45) is 5.41 Å². The molecule has 32 heavy (non-hydrogen) atoms. The molecule has 2 fully saturated rings. The Bertz CT molecular complexity index is 1090. The molecule has 0 aliphatic carbocycles. The maximum Gasteiger partial charge on any atom is 0.244 e. The second-order valence-electron chi connectivity index (χ2n) is 8.89. The van der Waals surface area contributed by atoms with Crippen LogP contribution in [-0.2, 0) is 11.2 Å². The van der Waals surface area contributed by atoms with Gasteiger partial charge in [0.2, 0.25) is 17.6 Å². The molecule has 0 radical (unpaired) electrons. The average molecular weight is 434 g/mol. The molecule has 8 nitrogen and oxygen atoms in total. The highest BCUT2D eigenvalue weighted by atomic mass is 16.5. The molecule has 2 aliphatic rings. The Kier molecular flexibility index (Phi) is 5.38. The van der Waals surface area contributed by atoms with Crippen LogP contribution in [0.1, 0.15) is 30.3 Å². The zero-order chi connectivity index (χ0) is 22.1. The number of para-hydroxylation sites is 1. The number of ether oxygens (including phenoxy) is 1. The van der Waals surface area contributed by atoms with Gasteiger partial charge in [-0.25, -0.2) is 0 Å². The third kappa shape index (κ3) is 3.86. The minimum atomic E-state index is 0.0683. The van der Waals surface area contributed by atoms with Gasteiger partial charge in [0.1, 0.15) is 5.75 Å². The Hall–Kier alpha value is -3.26. The van der Waals surface area contributed by atoms with Gasteiger partial charge in [-0.05, 0) is 43.7 Å². The van der Waals surface area contributed by atoms with Crippen LogP contribution in [0.5, 0.6) is 5.75 Å². The van der Waals surface area contributed by atoms with Crippen molar-refractivity contribution in [3.05, 3.63) is 60.2 Å². The molecule has 2 aliphatic heterocycles. The van der Waals surface area contributed by atoms with Crippen molar-refractivity contribution in [3.8, 4) is 17.1 Å². The zero-order valence-electron chi connectivity index (χ0n) is 18.4. The third-order valence-corrected chi connectivity index (χ3v) is 6.60. The molecule has 1 aromatic carbocycles. The first kappa shape index (κ1) is 20.6. The van der Waals surface area contributed by atoms with Crippen molar-refractivity contribution in [2.45, 2.75) is 25.3 Å². The van der Waals surface area contributed by atoms with Gasteiger partial charge in [0.05, 0.1) is 13.2 Å². The molecular weight excluding hydrogens is 406 g/mol. The molecule has 2 aromatic heterocycles. The lowest BCUT2D eigenvalue weighted by Gasteiger charge is -2.48. The maximum atomic E-state index is 12.8. The standard InChI is InChI=1S/C24H27N5O3/c1-28-14-24(12-19(28)23-26-22(27-32-23)18-7-5-11-25-13-18)15-29(16-24)21(30)10-9-17-6-3-4-8-20(17)31-2/h3-8,11,13,19H,9-10,12,14-16H2,1-2H3. The van der Waals surface area contributed by atoms with Crippen LogP contribution in [0.4, 0.5) is 0 Å². The van der Waals surface area contributed by atoms with Gasteiger partial charge in [0.25, 0.3) is 0 Å². The first-order valence-electron chi connectivity index (χ1n) is 10.9. The van der Waals surface area contributed by atoms with Crippen LogP contribution in [-0.4, -0.2) is 64.6 Å². The lowest BCUT2D eigenvalue weighted by Crippen LogP contribution is -2.59. The predicted octanol–water partition coefficient (Wildman–Crippen LogP) is 2.98. The molecular formula is C24H27N5O3. The van der Waals surface area contributed by atoms with Gasteiger partial charge in [-0.15, -0.1) is 0 Å². The Morgan fingerprint density at radius 1 is 1.22 bits per heavy atom. The molecule has 8 heteroatoms. The minimum absolute atomic E-state index is 0.0683. The van der Waals surface area contributed by atoms with Crippen LogP contribution in [0.15, 0.2) is 53.3 Å². The summed E-state index contributed by atoms with van der Waals surface area (Å²) in [6.07, 6.45) is 5.55. The largest absolute Gasteiger partial charge is 0.496 e. The highest BCUT2D eigenvalue weighted by molar-refractivity contribution is 5.77. The lowest BCUT2D eigenvalue weighted by molar-refractivity contribution is -0.142. The lowest BCUT2D eigenvalue weighted by atomic mass is 9.77. The van der Waals surface area contributed by atoms with Crippen molar-refractivity contribution in [1.29, 1.82) is 0 Å².